The van der Waals surface area contributed by atoms with Crippen molar-refractivity contribution in [3.63, 3.8) is 0 Å². The summed E-state index contributed by atoms with van der Waals surface area (Å²) < 4.78 is 0. The van der Waals surface area contributed by atoms with Crippen LogP contribution in [0.4, 0.5) is 0 Å². The summed E-state index contributed by atoms with van der Waals surface area (Å²) >= 11 is 1.80. The molecule has 2 aromatic carbocycles. The summed E-state index contributed by atoms with van der Waals surface area (Å²) in [6, 6.07) is 21.1. The quantitative estimate of drug-likeness (QED) is 0.712. The molecule has 0 bridgehead atoms. The SMILES string of the molecule is CNCc1cc2ccccc2nc1SCc1ccccc1. The van der Waals surface area contributed by atoms with Gasteiger partial charge < -0.3 is 5.32 Å². The minimum atomic E-state index is 0.842. The Labute approximate surface area is 129 Å². The Balaban J connectivity index is 1.90. The number of hydrogen-bond donors (Lipinski definition) is 1. The Morgan fingerprint density at radius 1 is 1.00 bits per heavy atom. The molecule has 0 atom stereocenters. The van der Waals surface area contributed by atoms with Gasteiger partial charge in [0.25, 0.3) is 0 Å². The summed E-state index contributed by atoms with van der Waals surface area (Å²) in [7, 11) is 1.97. The molecule has 3 rings (SSSR count). The van der Waals surface area contributed by atoms with Gasteiger partial charge in [0.2, 0.25) is 0 Å². The number of rotatable bonds is 5. The number of thioether (sulfide) groups is 1. The van der Waals surface area contributed by atoms with Crippen LogP contribution in [0.2, 0.25) is 0 Å². The van der Waals surface area contributed by atoms with Crippen molar-refractivity contribution in [3.05, 3.63) is 71.8 Å². The van der Waals surface area contributed by atoms with Crippen LogP contribution < -0.4 is 5.32 Å². The third-order valence-electron chi connectivity index (χ3n) is 3.35. The van der Waals surface area contributed by atoms with Gasteiger partial charge in [-0.25, -0.2) is 4.98 Å². The van der Waals surface area contributed by atoms with Crippen LogP contribution in [-0.4, -0.2) is 12.0 Å². The largest absolute Gasteiger partial charge is 0.316 e. The van der Waals surface area contributed by atoms with Crippen molar-refractivity contribution < 1.29 is 0 Å². The Hall–Kier alpha value is -1.84. The molecule has 2 nitrogen and oxygen atoms in total. The monoisotopic (exact) mass is 294 g/mol. The minimum Gasteiger partial charge on any atom is -0.316 e. The van der Waals surface area contributed by atoms with Crippen molar-refractivity contribution in [2.24, 2.45) is 0 Å². The molecule has 21 heavy (non-hydrogen) atoms. The molecule has 3 heteroatoms. The molecule has 0 unspecified atom stereocenters. The van der Waals surface area contributed by atoms with Crippen molar-refractivity contribution in [3.8, 4) is 0 Å². The van der Waals surface area contributed by atoms with Gasteiger partial charge in [-0.2, -0.15) is 0 Å². The van der Waals surface area contributed by atoms with Crippen molar-refractivity contribution in [2.45, 2.75) is 17.3 Å². The zero-order chi connectivity index (χ0) is 14.5. The molecule has 0 saturated heterocycles. The van der Waals surface area contributed by atoms with Gasteiger partial charge in [-0.3, -0.25) is 0 Å². The highest BCUT2D eigenvalue weighted by molar-refractivity contribution is 7.98. The molecule has 0 amide bonds. The van der Waals surface area contributed by atoms with Crippen molar-refractivity contribution in [1.29, 1.82) is 0 Å². The fourth-order valence-corrected chi connectivity index (χ4v) is 3.29. The Morgan fingerprint density at radius 2 is 1.76 bits per heavy atom. The van der Waals surface area contributed by atoms with Gasteiger partial charge in [0.15, 0.2) is 0 Å². The van der Waals surface area contributed by atoms with Crippen LogP contribution in [0.1, 0.15) is 11.1 Å². The normalized spacial score (nSPS) is 10.9. The Bertz CT molecular complexity index is 726. The van der Waals surface area contributed by atoms with E-state index in [0.717, 1.165) is 22.8 Å². The lowest BCUT2D eigenvalue weighted by Gasteiger charge is -2.10. The number of hydrogen-bond acceptors (Lipinski definition) is 3. The second kappa shape index (κ2) is 6.74. The first kappa shape index (κ1) is 14.1. The number of pyridine rings is 1. The lowest BCUT2D eigenvalue weighted by atomic mass is 10.1. The standard InChI is InChI=1S/C18H18N2S/c1-19-12-16-11-15-9-5-6-10-17(15)20-18(16)21-13-14-7-3-2-4-8-14/h2-11,19H,12-13H2,1H3. The third-order valence-corrected chi connectivity index (χ3v) is 4.45. The molecular weight excluding hydrogens is 276 g/mol. The number of fused-ring (bicyclic) bond motifs is 1. The molecular formula is C18H18N2S. The smallest absolute Gasteiger partial charge is 0.102 e. The Morgan fingerprint density at radius 3 is 2.57 bits per heavy atom. The highest BCUT2D eigenvalue weighted by Gasteiger charge is 2.07. The fraction of sp³-hybridized carbons (Fsp3) is 0.167. The number of para-hydroxylation sites is 1. The van der Waals surface area contributed by atoms with Gasteiger partial charge in [0.05, 0.1) is 5.52 Å². The highest BCUT2D eigenvalue weighted by atomic mass is 32.2. The second-order valence-electron chi connectivity index (χ2n) is 4.95. The molecule has 0 spiro atoms. The maximum atomic E-state index is 4.83. The first-order chi connectivity index (χ1) is 10.4. The minimum absolute atomic E-state index is 0.842. The fourth-order valence-electron chi connectivity index (χ4n) is 2.31. The molecule has 3 aromatic rings. The molecule has 1 aromatic heterocycles. The first-order valence-electron chi connectivity index (χ1n) is 7.07. The molecule has 0 aliphatic rings. The molecule has 0 radical (unpaired) electrons. The average molecular weight is 294 g/mol. The second-order valence-corrected chi connectivity index (χ2v) is 5.91. The van der Waals surface area contributed by atoms with Crippen LogP contribution in [0, 0.1) is 0 Å². The van der Waals surface area contributed by atoms with Gasteiger partial charge in [0.1, 0.15) is 5.03 Å². The van der Waals surface area contributed by atoms with Crippen LogP contribution in [-0.2, 0) is 12.3 Å². The molecule has 106 valence electrons. The van der Waals surface area contributed by atoms with Crippen molar-refractivity contribution in [2.75, 3.05) is 7.05 Å². The van der Waals surface area contributed by atoms with E-state index in [1.54, 1.807) is 11.8 Å². The lowest BCUT2D eigenvalue weighted by Crippen LogP contribution is -2.07. The summed E-state index contributed by atoms with van der Waals surface area (Å²) in [5.41, 5.74) is 3.65. The number of aromatic nitrogens is 1. The molecule has 0 aliphatic heterocycles. The zero-order valence-corrected chi connectivity index (χ0v) is 12.9. The van der Waals surface area contributed by atoms with E-state index in [1.807, 2.05) is 13.1 Å². The van der Waals surface area contributed by atoms with Crippen molar-refractivity contribution in [1.82, 2.24) is 10.3 Å². The highest BCUT2D eigenvalue weighted by Crippen LogP contribution is 2.27. The summed E-state index contributed by atoms with van der Waals surface area (Å²) in [6.45, 7) is 0.842. The molecule has 0 saturated carbocycles. The van der Waals surface area contributed by atoms with Gasteiger partial charge in [0, 0.05) is 17.7 Å². The first-order valence-corrected chi connectivity index (χ1v) is 8.05. The molecule has 0 fully saturated rings. The third kappa shape index (κ3) is 3.43. The van der Waals surface area contributed by atoms with E-state index < -0.39 is 0 Å². The summed E-state index contributed by atoms with van der Waals surface area (Å²) in [5, 5.41) is 5.55. The molecule has 1 N–H and O–H groups in total. The molecule has 0 aliphatic carbocycles. The van der Waals surface area contributed by atoms with E-state index in [-0.39, 0.29) is 0 Å². The summed E-state index contributed by atoms with van der Waals surface area (Å²) in [4.78, 5) is 4.83. The van der Waals surface area contributed by atoms with E-state index >= 15 is 0 Å². The number of benzene rings is 2. The van der Waals surface area contributed by atoms with Crippen LogP contribution >= 0.6 is 11.8 Å². The van der Waals surface area contributed by atoms with E-state index in [0.29, 0.717) is 0 Å². The maximum absolute atomic E-state index is 4.83. The van der Waals surface area contributed by atoms with Crippen LogP contribution in [0.25, 0.3) is 10.9 Å². The summed E-state index contributed by atoms with van der Waals surface area (Å²) in [6.07, 6.45) is 0. The van der Waals surface area contributed by atoms with Crippen molar-refractivity contribution >= 4 is 22.7 Å². The van der Waals surface area contributed by atoms with E-state index in [1.165, 1.54) is 16.5 Å². The van der Waals surface area contributed by atoms with Crippen LogP contribution in [0.15, 0.2) is 65.7 Å². The van der Waals surface area contributed by atoms with Crippen LogP contribution in [0.5, 0.6) is 0 Å². The van der Waals surface area contributed by atoms with E-state index in [9.17, 15) is 0 Å². The van der Waals surface area contributed by atoms with Gasteiger partial charge in [-0.1, -0.05) is 48.5 Å². The van der Waals surface area contributed by atoms with Crippen LogP contribution in [0.3, 0.4) is 0 Å². The number of nitrogens with zero attached hydrogens (tertiary/aromatic N) is 1. The van der Waals surface area contributed by atoms with Gasteiger partial charge >= 0.3 is 0 Å². The Kier molecular flexibility index (Phi) is 4.53. The average Bonchev–Trinajstić information content (AvgIpc) is 2.54. The maximum Gasteiger partial charge on any atom is 0.102 e. The zero-order valence-electron chi connectivity index (χ0n) is 12.0. The number of nitrogens with one attached hydrogen (secondary N) is 1. The van der Waals surface area contributed by atoms with Gasteiger partial charge in [-0.15, -0.1) is 11.8 Å². The van der Waals surface area contributed by atoms with Gasteiger partial charge in [-0.05, 0) is 30.3 Å². The molecule has 1 heterocycles. The predicted molar refractivity (Wildman–Crippen MR) is 90.5 cm³/mol. The lowest BCUT2D eigenvalue weighted by molar-refractivity contribution is 0.794. The topological polar surface area (TPSA) is 24.9 Å². The predicted octanol–water partition coefficient (Wildman–Crippen LogP) is 4.25. The summed E-state index contributed by atoms with van der Waals surface area (Å²) in [5.74, 6) is 0.947. The van der Waals surface area contributed by atoms with E-state index in [2.05, 4.69) is 59.9 Å². The van der Waals surface area contributed by atoms with E-state index in [4.69, 9.17) is 4.98 Å².